The highest BCUT2D eigenvalue weighted by molar-refractivity contribution is 7.80. The van der Waals surface area contributed by atoms with Gasteiger partial charge in [0.25, 0.3) is 0 Å². The van der Waals surface area contributed by atoms with Gasteiger partial charge in [-0.1, -0.05) is 23.7 Å². The third-order valence-electron chi connectivity index (χ3n) is 4.29. The van der Waals surface area contributed by atoms with E-state index < -0.39 is 0 Å². The topological polar surface area (TPSA) is 44.4 Å². The average molecular weight is 392 g/mol. The largest absolute Gasteiger partial charge is 0.358 e. The lowest BCUT2D eigenvalue weighted by Crippen LogP contribution is -2.47. The molecule has 1 atom stereocenters. The summed E-state index contributed by atoms with van der Waals surface area (Å²) in [5.74, 6) is -0.356. The number of carbonyl (C=O) groups is 1. The van der Waals surface area contributed by atoms with Crippen molar-refractivity contribution < 1.29 is 9.18 Å². The van der Waals surface area contributed by atoms with Crippen molar-refractivity contribution in [3.05, 3.63) is 64.9 Å². The first-order valence-electron chi connectivity index (χ1n) is 8.38. The van der Waals surface area contributed by atoms with Crippen molar-refractivity contribution in [1.29, 1.82) is 0 Å². The van der Waals surface area contributed by atoms with E-state index in [-0.39, 0.29) is 17.8 Å². The number of nitrogens with zero attached hydrogens (tertiary/aromatic N) is 1. The van der Waals surface area contributed by atoms with E-state index in [9.17, 15) is 9.18 Å². The Kier molecular flexibility index (Phi) is 6.06. The Bertz CT molecular complexity index is 782. The van der Waals surface area contributed by atoms with Crippen LogP contribution in [-0.2, 0) is 11.3 Å². The summed E-state index contributed by atoms with van der Waals surface area (Å²) in [5.41, 5.74) is 1.63. The fourth-order valence-electron chi connectivity index (χ4n) is 2.92. The second-order valence-electron chi connectivity index (χ2n) is 6.13. The van der Waals surface area contributed by atoms with Crippen LogP contribution in [0.25, 0.3) is 0 Å². The number of benzene rings is 2. The van der Waals surface area contributed by atoms with E-state index in [1.165, 1.54) is 12.1 Å². The van der Waals surface area contributed by atoms with Crippen LogP contribution in [0.15, 0.2) is 48.5 Å². The van der Waals surface area contributed by atoms with Crippen LogP contribution in [0.1, 0.15) is 18.4 Å². The maximum Gasteiger partial charge on any atom is 0.247 e. The third kappa shape index (κ3) is 4.71. The van der Waals surface area contributed by atoms with Crippen molar-refractivity contribution in [2.75, 3.05) is 11.9 Å². The smallest absolute Gasteiger partial charge is 0.247 e. The van der Waals surface area contributed by atoms with Gasteiger partial charge in [0.1, 0.15) is 11.9 Å². The zero-order valence-corrected chi connectivity index (χ0v) is 15.6. The fraction of sp³-hybridized carbons (Fsp3) is 0.263. The zero-order chi connectivity index (χ0) is 18.5. The molecule has 2 aromatic carbocycles. The SMILES string of the molecule is O=C(Nc1ccc(Cl)cc1)[C@H]1CCCN1C(=S)NCc1ccc(F)cc1. The lowest BCUT2D eigenvalue weighted by Gasteiger charge is -2.27. The highest BCUT2D eigenvalue weighted by Crippen LogP contribution is 2.20. The van der Waals surface area contributed by atoms with E-state index in [4.69, 9.17) is 23.8 Å². The quantitative estimate of drug-likeness (QED) is 0.774. The lowest BCUT2D eigenvalue weighted by molar-refractivity contribution is -0.119. The van der Waals surface area contributed by atoms with Gasteiger partial charge in [-0.15, -0.1) is 0 Å². The summed E-state index contributed by atoms with van der Waals surface area (Å²) >= 11 is 11.3. The van der Waals surface area contributed by atoms with Gasteiger partial charge in [0.05, 0.1) is 0 Å². The van der Waals surface area contributed by atoms with E-state index in [0.717, 1.165) is 24.9 Å². The van der Waals surface area contributed by atoms with Crippen molar-refractivity contribution in [3.8, 4) is 0 Å². The predicted octanol–water partition coefficient (Wildman–Crippen LogP) is 3.96. The molecule has 1 amide bonds. The molecule has 1 fully saturated rings. The number of hydrogen-bond donors (Lipinski definition) is 2. The molecule has 0 unspecified atom stereocenters. The Labute approximate surface area is 162 Å². The summed E-state index contributed by atoms with van der Waals surface area (Å²) in [6.07, 6.45) is 1.65. The monoisotopic (exact) mass is 391 g/mol. The van der Waals surface area contributed by atoms with Crippen LogP contribution in [0.4, 0.5) is 10.1 Å². The summed E-state index contributed by atoms with van der Waals surface area (Å²) in [5, 5.41) is 7.21. The number of hydrogen-bond acceptors (Lipinski definition) is 2. The van der Waals surface area contributed by atoms with Crippen molar-refractivity contribution in [3.63, 3.8) is 0 Å². The predicted molar refractivity (Wildman–Crippen MR) is 106 cm³/mol. The van der Waals surface area contributed by atoms with Gasteiger partial charge in [0, 0.05) is 23.8 Å². The number of rotatable bonds is 4. The molecule has 3 rings (SSSR count). The van der Waals surface area contributed by atoms with Crippen LogP contribution in [-0.4, -0.2) is 28.5 Å². The van der Waals surface area contributed by atoms with Crippen LogP contribution in [0, 0.1) is 5.82 Å². The summed E-state index contributed by atoms with van der Waals surface area (Å²) < 4.78 is 13.0. The van der Waals surface area contributed by atoms with E-state index in [1.54, 1.807) is 36.4 Å². The van der Waals surface area contributed by atoms with Gasteiger partial charge in [-0.25, -0.2) is 4.39 Å². The molecule has 0 bridgehead atoms. The van der Waals surface area contributed by atoms with Crippen molar-refractivity contribution >= 4 is 40.5 Å². The molecule has 0 spiro atoms. The molecule has 1 aliphatic heterocycles. The minimum absolute atomic E-state index is 0.0873. The molecule has 2 aromatic rings. The molecule has 26 heavy (non-hydrogen) atoms. The molecule has 0 aliphatic carbocycles. The number of anilines is 1. The number of nitrogens with one attached hydrogen (secondary N) is 2. The molecule has 4 nitrogen and oxygen atoms in total. The van der Waals surface area contributed by atoms with Crippen molar-refractivity contribution in [2.45, 2.75) is 25.4 Å². The van der Waals surface area contributed by atoms with Crippen molar-refractivity contribution in [2.24, 2.45) is 0 Å². The average Bonchev–Trinajstić information content (AvgIpc) is 3.13. The standard InChI is InChI=1S/C19H19ClFN3OS/c20-14-5-9-16(10-6-14)23-18(25)17-2-1-11-24(17)19(26)22-12-13-3-7-15(21)8-4-13/h3-10,17H,1-2,11-12H2,(H,22,26)(H,23,25)/t17-/m1/s1. The number of amides is 1. The highest BCUT2D eigenvalue weighted by Gasteiger charge is 2.32. The third-order valence-corrected chi connectivity index (χ3v) is 4.92. The second kappa shape index (κ2) is 8.47. The van der Waals surface area contributed by atoms with Crippen LogP contribution in [0.3, 0.4) is 0 Å². The number of carbonyl (C=O) groups excluding carboxylic acids is 1. The summed E-state index contributed by atoms with van der Waals surface area (Å²) in [6.45, 7) is 1.22. The van der Waals surface area contributed by atoms with Gasteiger partial charge >= 0.3 is 0 Å². The summed E-state index contributed by atoms with van der Waals surface area (Å²) in [6, 6.07) is 12.9. The Morgan fingerprint density at radius 3 is 2.58 bits per heavy atom. The molecule has 7 heteroatoms. The molecule has 2 N–H and O–H groups in total. The first kappa shape index (κ1) is 18.6. The van der Waals surface area contributed by atoms with Crippen molar-refractivity contribution in [1.82, 2.24) is 10.2 Å². The minimum atomic E-state index is -0.307. The highest BCUT2D eigenvalue weighted by atomic mass is 35.5. The Hall–Kier alpha value is -2.18. The Balaban J connectivity index is 1.57. The molecule has 0 saturated carbocycles. The maximum atomic E-state index is 13.0. The molecule has 136 valence electrons. The van der Waals surface area contributed by atoms with Crippen LogP contribution < -0.4 is 10.6 Å². The first-order valence-corrected chi connectivity index (χ1v) is 9.17. The number of halogens is 2. The van der Waals surface area contributed by atoms with Crippen LogP contribution in [0.5, 0.6) is 0 Å². The van der Waals surface area contributed by atoms with E-state index in [1.807, 2.05) is 4.90 Å². The second-order valence-corrected chi connectivity index (χ2v) is 6.96. The van der Waals surface area contributed by atoms with E-state index in [0.29, 0.717) is 22.4 Å². The molecule has 1 saturated heterocycles. The Morgan fingerprint density at radius 1 is 1.19 bits per heavy atom. The lowest BCUT2D eigenvalue weighted by atomic mass is 10.2. The Morgan fingerprint density at radius 2 is 1.88 bits per heavy atom. The molecule has 0 radical (unpaired) electrons. The zero-order valence-electron chi connectivity index (χ0n) is 14.0. The van der Waals surface area contributed by atoms with E-state index in [2.05, 4.69) is 10.6 Å². The molecule has 1 heterocycles. The number of likely N-dealkylation sites (tertiary alicyclic amines) is 1. The minimum Gasteiger partial charge on any atom is -0.358 e. The van der Waals surface area contributed by atoms with Gasteiger partial charge in [-0.3, -0.25) is 4.79 Å². The fourth-order valence-corrected chi connectivity index (χ4v) is 3.34. The van der Waals surface area contributed by atoms with Gasteiger partial charge in [-0.2, -0.15) is 0 Å². The molecule has 1 aliphatic rings. The van der Waals surface area contributed by atoms with Gasteiger partial charge < -0.3 is 15.5 Å². The molecular formula is C19H19ClFN3OS. The maximum absolute atomic E-state index is 13.0. The van der Waals surface area contributed by atoms with Gasteiger partial charge in [-0.05, 0) is 67.0 Å². The normalized spacial score (nSPS) is 16.4. The molecular weight excluding hydrogens is 373 g/mol. The van der Waals surface area contributed by atoms with Gasteiger partial charge in [0.2, 0.25) is 5.91 Å². The molecule has 0 aromatic heterocycles. The van der Waals surface area contributed by atoms with E-state index >= 15 is 0 Å². The van der Waals surface area contributed by atoms with Gasteiger partial charge in [0.15, 0.2) is 5.11 Å². The summed E-state index contributed by atoms with van der Waals surface area (Å²) in [4.78, 5) is 14.5. The van der Waals surface area contributed by atoms with Crippen LogP contribution in [0.2, 0.25) is 5.02 Å². The summed E-state index contributed by atoms with van der Waals surface area (Å²) in [7, 11) is 0. The number of thiocarbonyl (C=S) groups is 1. The first-order chi connectivity index (χ1) is 12.5. The van der Waals surface area contributed by atoms with Crippen LogP contribution >= 0.6 is 23.8 Å².